The van der Waals surface area contributed by atoms with Gasteiger partial charge in [0.25, 0.3) is 0 Å². The lowest BCUT2D eigenvalue weighted by molar-refractivity contribution is -0.154. The molecule has 4 heteroatoms. The minimum Gasteiger partial charge on any atom is -0.465 e. The Hall–Kier alpha value is -1.19. The first-order valence-electron chi connectivity index (χ1n) is 8.68. The predicted octanol–water partition coefficient (Wildman–Crippen LogP) is 4.24. The molecule has 0 rings (SSSR count). The van der Waals surface area contributed by atoms with E-state index in [0.29, 0.717) is 6.61 Å². The summed E-state index contributed by atoms with van der Waals surface area (Å²) in [6.07, 6.45) is 12.1. The van der Waals surface area contributed by atoms with Gasteiger partial charge in [-0.25, -0.2) is 0 Å². The molecule has 4 nitrogen and oxygen atoms in total. The summed E-state index contributed by atoms with van der Waals surface area (Å²) in [6.45, 7) is 5.01. The summed E-state index contributed by atoms with van der Waals surface area (Å²) >= 11 is 0. The fraction of sp³-hybridized carbons (Fsp3) is 0.833. The third kappa shape index (κ3) is 10.5. The van der Waals surface area contributed by atoms with Crippen molar-refractivity contribution in [2.24, 2.45) is 5.92 Å². The van der Waals surface area contributed by atoms with Crippen LogP contribution in [0.4, 0.5) is 0 Å². The van der Waals surface area contributed by atoms with Gasteiger partial charge in [-0.1, -0.05) is 64.7 Å². The molecule has 0 N–H and O–H groups in total. The zero-order valence-corrected chi connectivity index (χ0v) is 14.5. The molecule has 0 aromatic rings. The molecule has 22 heavy (non-hydrogen) atoms. The van der Waals surface area contributed by atoms with Crippen LogP contribution in [0.25, 0.3) is 0 Å². The van der Waals surface area contributed by atoms with Crippen LogP contribution >= 0.6 is 0 Å². The second-order valence-corrected chi connectivity index (χ2v) is 6.00. The van der Waals surface area contributed by atoms with Crippen LogP contribution in [-0.2, 0) is 19.1 Å². The van der Waals surface area contributed by atoms with Crippen LogP contribution in [0.2, 0.25) is 0 Å². The summed E-state index contributed by atoms with van der Waals surface area (Å²) in [6, 6.07) is 0. The Morgan fingerprint density at radius 3 is 1.55 bits per heavy atom. The van der Waals surface area contributed by atoms with E-state index in [2.05, 4.69) is 6.92 Å². The zero-order chi connectivity index (χ0) is 16.8. The molecule has 0 radical (unpaired) electrons. The highest BCUT2D eigenvalue weighted by molar-refractivity contribution is 6.15. The summed E-state index contributed by atoms with van der Waals surface area (Å²) < 4.78 is 5.02. The van der Waals surface area contributed by atoms with Crippen molar-refractivity contribution in [3.05, 3.63) is 0 Å². The van der Waals surface area contributed by atoms with E-state index in [1.807, 2.05) is 0 Å². The highest BCUT2D eigenvalue weighted by Crippen LogP contribution is 2.11. The second-order valence-electron chi connectivity index (χ2n) is 6.00. The maximum absolute atomic E-state index is 11.6. The van der Waals surface area contributed by atoms with Gasteiger partial charge in [0.1, 0.15) is 0 Å². The second kappa shape index (κ2) is 13.5. The molecular weight excluding hydrogens is 280 g/mol. The number of esters is 1. The number of ketones is 2. The van der Waals surface area contributed by atoms with Gasteiger partial charge in [-0.05, 0) is 20.3 Å². The van der Waals surface area contributed by atoms with Crippen LogP contribution in [0.5, 0.6) is 0 Å². The molecule has 0 aromatic heterocycles. The molecule has 0 fully saturated rings. The summed E-state index contributed by atoms with van der Waals surface area (Å²) in [4.78, 5) is 34.0. The number of Topliss-reactive ketones (excluding diaryl/α,β-unsaturated/α-hetero) is 2. The van der Waals surface area contributed by atoms with Crippen molar-refractivity contribution in [1.82, 2.24) is 0 Å². The molecule has 0 saturated carbocycles. The summed E-state index contributed by atoms with van der Waals surface area (Å²) in [7, 11) is 0. The molecule has 0 aromatic carbocycles. The van der Waals surface area contributed by atoms with Crippen LogP contribution in [0, 0.1) is 5.92 Å². The molecule has 0 saturated heterocycles. The van der Waals surface area contributed by atoms with E-state index >= 15 is 0 Å². The largest absolute Gasteiger partial charge is 0.465 e. The Morgan fingerprint density at radius 2 is 1.14 bits per heavy atom. The number of hydrogen-bond acceptors (Lipinski definition) is 4. The van der Waals surface area contributed by atoms with Gasteiger partial charge in [0, 0.05) is 0 Å². The van der Waals surface area contributed by atoms with Crippen molar-refractivity contribution in [2.75, 3.05) is 6.61 Å². The van der Waals surface area contributed by atoms with Gasteiger partial charge < -0.3 is 4.74 Å². The number of unbranched alkanes of at least 4 members (excludes halogenated alkanes) is 9. The van der Waals surface area contributed by atoms with Gasteiger partial charge >= 0.3 is 5.97 Å². The molecule has 0 spiro atoms. The Labute approximate surface area is 135 Å². The Balaban J connectivity index is 3.51. The van der Waals surface area contributed by atoms with E-state index in [1.165, 1.54) is 58.8 Å². The monoisotopic (exact) mass is 312 g/mol. The molecule has 128 valence electrons. The quantitative estimate of drug-likeness (QED) is 0.273. The average molecular weight is 312 g/mol. The fourth-order valence-electron chi connectivity index (χ4n) is 2.46. The van der Waals surface area contributed by atoms with Gasteiger partial charge in [0.05, 0.1) is 6.61 Å². The van der Waals surface area contributed by atoms with E-state index in [-0.39, 0.29) is 0 Å². The predicted molar refractivity (Wildman–Crippen MR) is 87.7 cm³/mol. The molecular formula is C18H32O4. The van der Waals surface area contributed by atoms with E-state index in [1.54, 1.807) is 0 Å². The Morgan fingerprint density at radius 1 is 0.727 bits per heavy atom. The van der Waals surface area contributed by atoms with E-state index in [0.717, 1.165) is 19.3 Å². The lowest BCUT2D eigenvalue weighted by atomic mass is 10.0. The smallest absolute Gasteiger partial charge is 0.324 e. The Bertz CT molecular complexity index is 322. The van der Waals surface area contributed by atoms with Crippen molar-refractivity contribution < 1.29 is 19.1 Å². The fourth-order valence-corrected chi connectivity index (χ4v) is 2.46. The zero-order valence-electron chi connectivity index (χ0n) is 14.5. The van der Waals surface area contributed by atoms with Crippen molar-refractivity contribution in [1.29, 1.82) is 0 Å². The first-order chi connectivity index (χ1) is 10.5. The molecule has 0 atom stereocenters. The third-order valence-electron chi connectivity index (χ3n) is 3.79. The van der Waals surface area contributed by atoms with Crippen LogP contribution < -0.4 is 0 Å². The van der Waals surface area contributed by atoms with Crippen molar-refractivity contribution in [3.63, 3.8) is 0 Å². The number of hydrogen-bond donors (Lipinski definition) is 0. The van der Waals surface area contributed by atoms with Crippen molar-refractivity contribution in [2.45, 2.75) is 85.0 Å². The van der Waals surface area contributed by atoms with Gasteiger partial charge in [-0.2, -0.15) is 0 Å². The van der Waals surface area contributed by atoms with Gasteiger partial charge in [0.2, 0.25) is 0 Å². The number of carbonyl (C=O) groups excluding carboxylic acids is 3. The van der Waals surface area contributed by atoms with Crippen LogP contribution in [0.1, 0.15) is 85.0 Å². The van der Waals surface area contributed by atoms with E-state index < -0.39 is 23.5 Å². The SMILES string of the molecule is CCCCCCCCCCCCOC(=O)C(C(C)=O)C(C)=O. The minimum absolute atomic E-state index is 0.298. The molecule has 0 bridgehead atoms. The molecule has 0 unspecified atom stereocenters. The topological polar surface area (TPSA) is 60.4 Å². The average Bonchev–Trinajstić information content (AvgIpc) is 2.44. The van der Waals surface area contributed by atoms with Crippen LogP contribution in [0.3, 0.4) is 0 Å². The first-order valence-corrected chi connectivity index (χ1v) is 8.68. The van der Waals surface area contributed by atoms with E-state index in [4.69, 9.17) is 4.74 Å². The molecule has 0 aliphatic rings. The number of carbonyl (C=O) groups is 3. The summed E-state index contributed by atoms with van der Waals surface area (Å²) in [5, 5.41) is 0. The lowest BCUT2D eigenvalue weighted by Gasteiger charge is -2.10. The molecule has 0 aliphatic heterocycles. The van der Waals surface area contributed by atoms with Gasteiger partial charge in [-0.3, -0.25) is 14.4 Å². The van der Waals surface area contributed by atoms with Crippen molar-refractivity contribution in [3.8, 4) is 0 Å². The highest BCUT2D eigenvalue weighted by atomic mass is 16.5. The summed E-state index contributed by atoms with van der Waals surface area (Å²) in [5.41, 5.74) is 0. The molecule has 0 heterocycles. The maximum atomic E-state index is 11.6. The normalized spacial score (nSPS) is 10.7. The Kier molecular flexibility index (Phi) is 12.7. The van der Waals surface area contributed by atoms with Gasteiger partial charge in [-0.15, -0.1) is 0 Å². The highest BCUT2D eigenvalue weighted by Gasteiger charge is 2.29. The maximum Gasteiger partial charge on any atom is 0.324 e. The van der Waals surface area contributed by atoms with Gasteiger partial charge in [0.15, 0.2) is 17.5 Å². The van der Waals surface area contributed by atoms with Crippen LogP contribution in [0.15, 0.2) is 0 Å². The molecule has 0 amide bonds. The number of rotatable bonds is 14. The molecule has 0 aliphatic carbocycles. The standard InChI is InChI=1S/C18H32O4/c1-4-5-6-7-8-9-10-11-12-13-14-22-18(21)17(15(2)19)16(3)20/h17H,4-14H2,1-3H3. The lowest BCUT2D eigenvalue weighted by Crippen LogP contribution is -2.30. The van der Waals surface area contributed by atoms with E-state index in [9.17, 15) is 14.4 Å². The van der Waals surface area contributed by atoms with Crippen LogP contribution in [-0.4, -0.2) is 24.1 Å². The minimum atomic E-state index is -1.23. The van der Waals surface area contributed by atoms with Crippen molar-refractivity contribution >= 4 is 17.5 Å². The summed E-state index contributed by atoms with van der Waals surface area (Å²) in [5.74, 6) is -2.82. The first kappa shape index (κ1) is 20.8. The third-order valence-corrected chi connectivity index (χ3v) is 3.79. The number of ether oxygens (including phenoxy) is 1.